The molecule has 3 aromatic carbocycles. The molecule has 1 aliphatic carbocycles. The number of carbonyl (C=O) groups excluding carboxylic acids is 4. The third-order valence-corrected chi connectivity index (χ3v) is 11.0. The lowest BCUT2D eigenvalue weighted by molar-refractivity contribution is -0.151. The highest BCUT2D eigenvalue weighted by molar-refractivity contribution is 9.10. The molecule has 14 nitrogen and oxygen atoms in total. The molecular weight excluding hydrogens is 792 g/mol. The standard InChI is InChI=1S/C41H39BrN2O12/c1-16-11-27(18(3)19(4)29(16)38(49)55-35-22(7)20(5)30(37(47)48)24(9)31(35)25-14-43-44-15-25)54-39(50)32-21(6)23(8)36(33(42)34(32)46)56-40(51)41(52)17(2)12-26(45)13-28(41)53-10/h11-15,46,52H,1-10H3,(H,43,44)(H,47,48)/t41-/m1/s1. The van der Waals surface area contributed by atoms with Gasteiger partial charge >= 0.3 is 23.9 Å². The van der Waals surface area contributed by atoms with E-state index in [1.165, 1.54) is 40.1 Å². The van der Waals surface area contributed by atoms with Gasteiger partial charge in [0.25, 0.3) is 0 Å². The van der Waals surface area contributed by atoms with Crippen molar-refractivity contribution in [3.05, 3.63) is 108 Å². The summed E-state index contributed by atoms with van der Waals surface area (Å²) in [5.74, 6) is -5.42. The number of ether oxygens (including phenoxy) is 4. The molecule has 4 aromatic rings. The van der Waals surface area contributed by atoms with E-state index in [0.717, 1.165) is 12.2 Å². The third-order valence-electron chi connectivity index (χ3n) is 10.3. The summed E-state index contributed by atoms with van der Waals surface area (Å²) in [6.07, 6.45) is 5.10. The molecule has 1 heterocycles. The maximum atomic E-state index is 14.0. The van der Waals surface area contributed by atoms with Crippen molar-refractivity contribution < 1.29 is 58.2 Å². The van der Waals surface area contributed by atoms with E-state index < -0.39 is 41.0 Å². The van der Waals surface area contributed by atoms with Gasteiger partial charge in [-0.1, -0.05) is 0 Å². The number of ketones is 1. The Balaban J connectivity index is 1.47. The lowest BCUT2D eigenvalue weighted by Crippen LogP contribution is -2.47. The second-order valence-corrected chi connectivity index (χ2v) is 14.3. The molecule has 0 amide bonds. The summed E-state index contributed by atoms with van der Waals surface area (Å²) < 4.78 is 22.4. The third kappa shape index (κ3) is 6.77. The zero-order chi connectivity index (χ0) is 41.7. The van der Waals surface area contributed by atoms with E-state index in [9.17, 15) is 39.3 Å². The summed E-state index contributed by atoms with van der Waals surface area (Å²) in [6, 6.07) is 1.49. The largest absolute Gasteiger partial charge is 0.506 e. The number of aromatic nitrogens is 2. The Morgan fingerprint density at radius 3 is 1.95 bits per heavy atom. The number of carboxylic acid groups (broad SMARTS) is 1. The first kappa shape index (κ1) is 41.1. The molecule has 5 rings (SSSR count). The molecule has 1 aromatic heterocycles. The number of carboxylic acids is 1. The molecule has 15 heteroatoms. The summed E-state index contributed by atoms with van der Waals surface area (Å²) in [6.45, 7) is 14.3. The highest BCUT2D eigenvalue weighted by atomic mass is 79.9. The molecule has 0 aliphatic heterocycles. The Hall–Kier alpha value is -6.06. The molecular formula is C41H39BrN2O12. The number of aromatic amines is 1. The number of allylic oxidation sites excluding steroid dienone is 2. The first-order chi connectivity index (χ1) is 26.2. The topological polar surface area (TPSA) is 212 Å². The molecule has 292 valence electrons. The van der Waals surface area contributed by atoms with Crippen LogP contribution in [-0.2, 0) is 14.3 Å². The van der Waals surface area contributed by atoms with Gasteiger partial charge in [0, 0.05) is 23.4 Å². The molecule has 0 unspecified atom stereocenters. The number of benzene rings is 3. The quantitative estimate of drug-likeness (QED) is 0.101. The van der Waals surface area contributed by atoms with Crippen LogP contribution in [0.3, 0.4) is 0 Å². The minimum Gasteiger partial charge on any atom is -0.506 e. The molecule has 56 heavy (non-hydrogen) atoms. The van der Waals surface area contributed by atoms with Gasteiger partial charge in [0.2, 0.25) is 5.60 Å². The molecule has 0 fully saturated rings. The lowest BCUT2D eigenvalue weighted by atomic mass is 9.87. The van der Waals surface area contributed by atoms with Crippen LogP contribution in [0.15, 0.2) is 46.4 Å². The van der Waals surface area contributed by atoms with Crippen molar-refractivity contribution in [2.24, 2.45) is 0 Å². The van der Waals surface area contributed by atoms with Crippen molar-refractivity contribution in [3.63, 3.8) is 0 Å². The smallest absolute Gasteiger partial charge is 0.356 e. The van der Waals surface area contributed by atoms with Crippen molar-refractivity contribution in [1.29, 1.82) is 0 Å². The van der Waals surface area contributed by atoms with E-state index in [1.54, 1.807) is 47.7 Å². The van der Waals surface area contributed by atoms with Gasteiger partial charge in [0.15, 0.2) is 11.5 Å². The van der Waals surface area contributed by atoms with Crippen molar-refractivity contribution in [3.8, 4) is 34.1 Å². The van der Waals surface area contributed by atoms with E-state index in [1.807, 2.05) is 0 Å². The summed E-state index contributed by atoms with van der Waals surface area (Å²) >= 11 is 3.21. The first-order valence-corrected chi connectivity index (χ1v) is 17.8. The van der Waals surface area contributed by atoms with Gasteiger partial charge in [0.05, 0.1) is 24.4 Å². The Labute approximate surface area is 329 Å². The van der Waals surface area contributed by atoms with Crippen molar-refractivity contribution >= 4 is 45.6 Å². The highest BCUT2D eigenvalue weighted by Crippen LogP contribution is 2.45. The first-order valence-electron chi connectivity index (χ1n) is 17.0. The summed E-state index contributed by atoms with van der Waals surface area (Å²) in [4.78, 5) is 65.3. The normalized spacial score (nSPS) is 15.2. The number of nitrogens with one attached hydrogen (secondary N) is 1. The number of aryl methyl sites for hydroxylation is 1. The minimum atomic E-state index is -2.44. The summed E-state index contributed by atoms with van der Waals surface area (Å²) in [7, 11) is 1.18. The number of halogens is 1. The number of aromatic carboxylic acids is 1. The average molecular weight is 832 g/mol. The number of aromatic hydroxyl groups is 1. The monoisotopic (exact) mass is 830 g/mol. The number of carbonyl (C=O) groups is 5. The van der Waals surface area contributed by atoms with Crippen molar-refractivity contribution in [2.75, 3.05) is 7.11 Å². The number of nitrogens with zero attached hydrogens (tertiary/aromatic N) is 1. The highest BCUT2D eigenvalue weighted by Gasteiger charge is 2.48. The van der Waals surface area contributed by atoms with E-state index in [2.05, 4.69) is 26.1 Å². The number of rotatable bonds is 9. The van der Waals surface area contributed by atoms with Gasteiger partial charge in [-0.3, -0.25) is 9.89 Å². The molecule has 1 aliphatic rings. The molecule has 0 saturated carbocycles. The fourth-order valence-corrected chi connectivity index (χ4v) is 7.35. The van der Waals surface area contributed by atoms with Crippen LogP contribution < -0.4 is 14.2 Å². The maximum Gasteiger partial charge on any atom is 0.356 e. The van der Waals surface area contributed by atoms with Gasteiger partial charge in [-0.25, -0.2) is 19.2 Å². The number of hydrogen-bond donors (Lipinski definition) is 4. The van der Waals surface area contributed by atoms with Crippen molar-refractivity contribution in [2.45, 2.75) is 67.9 Å². The van der Waals surface area contributed by atoms with Crippen molar-refractivity contribution in [1.82, 2.24) is 10.2 Å². The molecule has 0 radical (unpaired) electrons. The molecule has 0 saturated heterocycles. The lowest BCUT2D eigenvalue weighted by Gasteiger charge is -2.30. The number of aliphatic hydroxyl groups is 1. The molecule has 0 bridgehead atoms. The number of hydrogen-bond acceptors (Lipinski definition) is 12. The van der Waals surface area contributed by atoms with Crippen LogP contribution in [0.1, 0.15) is 82.5 Å². The Kier molecular flexibility index (Phi) is 11.2. The second kappa shape index (κ2) is 15.2. The van der Waals surface area contributed by atoms with Gasteiger partial charge in [-0.15, -0.1) is 0 Å². The zero-order valence-electron chi connectivity index (χ0n) is 32.2. The fraction of sp³-hybridized carbons (Fsp3) is 0.268. The SMILES string of the molecule is COC1=CC(=O)C=C(C)[C@]1(O)C(=O)Oc1c(C)c(C)c(C(=O)Oc2cc(C)c(C(=O)Oc3c(C)c(C)c(C(=O)O)c(C)c3-c3cn[nH]c3)c(C)c2C)c(O)c1Br. The average Bonchev–Trinajstić information content (AvgIpc) is 3.66. The number of esters is 3. The van der Waals surface area contributed by atoms with Crippen LogP contribution in [0, 0.1) is 55.4 Å². The van der Waals surface area contributed by atoms with Gasteiger partial charge in [-0.05, 0) is 140 Å². The molecule has 1 atom stereocenters. The van der Waals surface area contributed by atoms with E-state index >= 15 is 0 Å². The Morgan fingerprint density at radius 1 is 0.768 bits per heavy atom. The number of phenolic OH excluding ortho intramolecular Hbond substituents is 1. The van der Waals surface area contributed by atoms with Gasteiger partial charge in [0.1, 0.15) is 33.0 Å². The van der Waals surface area contributed by atoms with E-state index in [4.69, 9.17) is 18.9 Å². The van der Waals surface area contributed by atoms with Crippen LogP contribution in [0.5, 0.6) is 23.0 Å². The van der Waals surface area contributed by atoms with E-state index in [-0.39, 0.29) is 60.9 Å². The fourth-order valence-electron chi connectivity index (χ4n) is 6.78. The van der Waals surface area contributed by atoms with Crippen LogP contribution in [0.2, 0.25) is 0 Å². The maximum absolute atomic E-state index is 14.0. The number of methoxy groups -OCH3 is 1. The van der Waals surface area contributed by atoms with Crippen LogP contribution >= 0.6 is 15.9 Å². The summed E-state index contributed by atoms with van der Waals surface area (Å²) in [5, 5.41) is 39.2. The van der Waals surface area contributed by atoms with Crippen LogP contribution in [-0.4, -0.2) is 67.9 Å². The van der Waals surface area contributed by atoms with Gasteiger partial charge in [-0.2, -0.15) is 5.10 Å². The summed E-state index contributed by atoms with van der Waals surface area (Å²) in [5.41, 5.74) is 1.45. The van der Waals surface area contributed by atoms with E-state index in [0.29, 0.717) is 44.5 Å². The Bertz CT molecular complexity index is 2430. The van der Waals surface area contributed by atoms with Crippen LogP contribution in [0.4, 0.5) is 0 Å². The predicted molar refractivity (Wildman–Crippen MR) is 205 cm³/mol. The predicted octanol–water partition coefficient (Wildman–Crippen LogP) is 6.84. The van der Waals surface area contributed by atoms with Gasteiger partial charge < -0.3 is 34.3 Å². The number of phenols is 1. The minimum absolute atomic E-state index is 0.0456. The molecule has 0 spiro atoms. The van der Waals surface area contributed by atoms with Crippen LogP contribution in [0.25, 0.3) is 11.1 Å². The Morgan fingerprint density at radius 2 is 1.36 bits per heavy atom. The molecule has 4 N–H and O–H groups in total. The zero-order valence-corrected chi connectivity index (χ0v) is 33.8. The number of H-pyrrole nitrogens is 1. The second-order valence-electron chi connectivity index (χ2n) is 13.5.